The molecule has 0 saturated carbocycles. The summed E-state index contributed by atoms with van der Waals surface area (Å²) in [6.07, 6.45) is -2.14. The van der Waals surface area contributed by atoms with Crippen LogP contribution in [0.5, 0.6) is 0 Å². The molecule has 0 aromatic heterocycles. The third kappa shape index (κ3) is 2.76. The molecule has 0 amide bonds. The van der Waals surface area contributed by atoms with E-state index in [0.29, 0.717) is 6.42 Å². The highest BCUT2D eigenvalue weighted by Crippen LogP contribution is 2.32. The molecule has 0 N–H and O–H groups in total. The highest BCUT2D eigenvalue weighted by molar-refractivity contribution is 5.28. The average molecular weight is 201 g/mol. The number of halogens is 3. The molecule has 0 bridgehead atoms. The normalized spacial score (nSPS) is 11.7. The fourth-order valence-electron chi connectivity index (χ4n) is 1.30. The highest BCUT2D eigenvalue weighted by atomic mass is 19.4. The van der Waals surface area contributed by atoms with Gasteiger partial charge in [0.15, 0.2) is 0 Å². The summed E-state index contributed by atoms with van der Waals surface area (Å²) in [5.41, 5.74) is -0.268. The lowest BCUT2D eigenvalue weighted by Gasteiger charge is -2.11. The van der Waals surface area contributed by atoms with Crippen LogP contribution in [-0.2, 0) is 12.6 Å². The van der Waals surface area contributed by atoms with Gasteiger partial charge in [-0.15, -0.1) is 0 Å². The van der Waals surface area contributed by atoms with E-state index in [1.54, 1.807) is 0 Å². The Morgan fingerprint density at radius 3 is 2.64 bits per heavy atom. The molecule has 0 nitrogen and oxygen atoms in total. The minimum atomic E-state index is -4.25. The first-order chi connectivity index (χ1) is 6.55. The van der Waals surface area contributed by atoms with Gasteiger partial charge in [-0.3, -0.25) is 0 Å². The van der Waals surface area contributed by atoms with Crippen molar-refractivity contribution in [1.82, 2.24) is 0 Å². The molecule has 0 heterocycles. The van der Waals surface area contributed by atoms with E-state index in [1.165, 1.54) is 12.1 Å². The van der Waals surface area contributed by atoms with Crippen molar-refractivity contribution in [2.45, 2.75) is 32.4 Å². The van der Waals surface area contributed by atoms with Crippen LogP contribution in [0, 0.1) is 6.07 Å². The standard InChI is InChI=1S/C11H12F3/c1-2-3-6-9-7-4-5-8-10(9)11(12,13)14/h4-5,8H,2-3,6H2,1H3. The minimum Gasteiger partial charge on any atom is -0.166 e. The topological polar surface area (TPSA) is 0 Å². The molecule has 1 aromatic carbocycles. The maximum Gasteiger partial charge on any atom is 0.416 e. The monoisotopic (exact) mass is 201 g/mol. The molecule has 0 aliphatic rings. The van der Waals surface area contributed by atoms with Crippen LogP contribution in [0.25, 0.3) is 0 Å². The second-order valence-corrected chi connectivity index (χ2v) is 3.16. The zero-order valence-electron chi connectivity index (χ0n) is 7.99. The Bertz CT molecular complexity index is 289. The van der Waals surface area contributed by atoms with Crippen LogP contribution in [0.4, 0.5) is 13.2 Å². The van der Waals surface area contributed by atoms with E-state index in [9.17, 15) is 13.2 Å². The zero-order chi connectivity index (χ0) is 10.6. The van der Waals surface area contributed by atoms with Gasteiger partial charge in [0.2, 0.25) is 0 Å². The molecule has 77 valence electrons. The average Bonchev–Trinajstić information content (AvgIpc) is 2.14. The van der Waals surface area contributed by atoms with Crippen LogP contribution in [-0.4, -0.2) is 0 Å². The lowest BCUT2D eigenvalue weighted by Crippen LogP contribution is -2.09. The minimum absolute atomic E-state index is 0.279. The number of unbranched alkanes of at least 4 members (excludes halogenated alkanes) is 1. The number of alkyl halides is 3. The summed E-state index contributed by atoms with van der Waals surface area (Å²) in [5, 5.41) is 0. The molecule has 0 aliphatic carbocycles. The molecule has 0 spiro atoms. The van der Waals surface area contributed by atoms with Gasteiger partial charge >= 0.3 is 6.18 Å². The summed E-state index contributed by atoms with van der Waals surface area (Å²) in [6, 6.07) is 6.67. The Morgan fingerprint density at radius 1 is 1.36 bits per heavy atom. The molecule has 0 fully saturated rings. The van der Waals surface area contributed by atoms with Crippen LogP contribution in [0.1, 0.15) is 30.9 Å². The molecular formula is C11H12F3. The van der Waals surface area contributed by atoms with Gasteiger partial charge in [0.1, 0.15) is 0 Å². The van der Waals surface area contributed by atoms with Crippen LogP contribution in [0.15, 0.2) is 18.2 Å². The van der Waals surface area contributed by atoms with E-state index < -0.39 is 11.7 Å². The summed E-state index contributed by atoms with van der Waals surface area (Å²) in [7, 11) is 0. The number of rotatable bonds is 3. The van der Waals surface area contributed by atoms with Gasteiger partial charge in [0.05, 0.1) is 5.56 Å². The van der Waals surface area contributed by atoms with Crippen molar-refractivity contribution >= 4 is 0 Å². The summed E-state index contributed by atoms with van der Waals surface area (Å²) in [4.78, 5) is 0. The summed E-state index contributed by atoms with van der Waals surface area (Å²) >= 11 is 0. The fourth-order valence-corrected chi connectivity index (χ4v) is 1.30. The van der Waals surface area contributed by atoms with Crippen molar-refractivity contribution < 1.29 is 13.2 Å². The lowest BCUT2D eigenvalue weighted by atomic mass is 10.0. The molecule has 0 aliphatic heterocycles. The van der Waals surface area contributed by atoms with Gasteiger partial charge < -0.3 is 0 Å². The number of aryl methyl sites for hydroxylation is 1. The van der Waals surface area contributed by atoms with Crippen molar-refractivity contribution in [3.05, 3.63) is 35.4 Å². The summed E-state index contributed by atoms with van der Waals surface area (Å²) < 4.78 is 37.4. The Morgan fingerprint density at radius 2 is 2.07 bits per heavy atom. The largest absolute Gasteiger partial charge is 0.416 e. The maximum atomic E-state index is 12.5. The summed E-state index contributed by atoms with van der Waals surface area (Å²) in [6.45, 7) is 1.95. The Labute approximate surface area is 81.8 Å². The van der Waals surface area contributed by atoms with Crippen molar-refractivity contribution in [3.63, 3.8) is 0 Å². The van der Waals surface area contributed by atoms with Crippen LogP contribution >= 0.6 is 0 Å². The van der Waals surface area contributed by atoms with E-state index in [1.807, 2.05) is 6.92 Å². The quantitative estimate of drug-likeness (QED) is 0.696. The van der Waals surface area contributed by atoms with Gasteiger partial charge in [-0.25, -0.2) is 0 Å². The maximum absolute atomic E-state index is 12.5. The van der Waals surface area contributed by atoms with E-state index in [-0.39, 0.29) is 5.56 Å². The predicted molar refractivity (Wildman–Crippen MR) is 48.9 cm³/mol. The predicted octanol–water partition coefficient (Wildman–Crippen LogP) is 3.85. The van der Waals surface area contributed by atoms with Gasteiger partial charge in [0.25, 0.3) is 0 Å². The first-order valence-corrected chi connectivity index (χ1v) is 4.62. The molecule has 1 radical (unpaired) electrons. The van der Waals surface area contributed by atoms with E-state index in [0.717, 1.165) is 18.9 Å². The van der Waals surface area contributed by atoms with Crippen LogP contribution < -0.4 is 0 Å². The molecule has 1 rings (SSSR count). The smallest absolute Gasteiger partial charge is 0.166 e. The highest BCUT2D eigenvalue weighted by Gasteiger charge is 2.32. The first kappa shape index (κ1) is 11.1. The van der Waals surface area contributed by atoms with Gasteiger partial charge in [-0.1, -0.05) is 25.5 Å². The fraction of sp³-hybridized carbons (Fsp3) is 0.455. The van der Waals surface area contributed by atoms with Crippen molar-refractivity contribution in [2.75, 3.05) is 0 Å². The van der Waals surface area contributed by atoms with Crippen molar-refractivity contribution in [2.24, 2.45) is 0 Å². The first-order valence-electron chi connectivity index (χ1n) is 4.62. The number of hydrogen-bond acceptors (Lipinski definition) is 0. The summed E-state index contributed by atoms with van der Waals surface area (Å²) in [5.74, 6) is 0. The Hall–Kier alpha value is -0.990. The van der Waals surface area contributed by atoms with E-state index in [2.05, 4.69) is 6.07 Å². The molecule has 0 atom stereocenters. The second kappa shape index (κ2) is 4.49. The SMILES string of the molecule is CCCCc1[c]cccc1C(F)(F)F. The van der Waals surface area contributed by atoms with Gasteiger partial charge in [-0.05, 0) is 30.5 Å². The molecule has 14 heavy (non-hydrogen) atoms. The van der Waals surface area contributed by atoms with Crippen LogP contribution in [0.3, 0.4) is 0 Å². The number of benzene rings is 1. The third-order valence-electron chi connectivity index (χ3n) is 2.03. The van der Waals surface area contributed by atoms with E-state index in [4.69, 9.17) is 0 Å². The number of hydrogen-bond donors (Lipinski definition) is 0. The third-order valence-corrected chi connectivity index (χ3v) is 2.03. The second-order valence-electron chi connectivity index (χ2n) is 3.16. The molecule has 0 unspecified atom stereocenters. The lowest BCUT2D eigenvalue weighted by molar-refractivity contribution is -0.138. The van der Waals surface area contributed by atoms with Gasteiger partial charge in [-0.2, -0.15) is 13.2 Å². The molecular weight excluding hydrogens is 189 g/mol. The van der Waals surface area contributed by atoms with Gasteiger partial charge in [0, 0.05) is 0 Å². The Balaban J connectivity index is 2.92. The molecule has 1 aromatic rings. The van der Waals surface area contributed by atoms with Crippen LogP contribution in [0.2, 0.25) is 0 Å². The van der Waals surface area contributed by atoms with Crippen molar-refractivity contribution in [1.29, 1.82) is 0 Å². The Kier molecular flexibility index (Phi) is 3.55. The van der Waals surface area contributed by atoms with Crippen molar-refractivity contribution in [3.8, 4) is 0 Å². The zero-order valence-corrected chi connectivity index (χ0v) is 7.99. The molecule has 0 saturated heterocycles. The van der Waals surface area contributed by atoms with E-state index >= 15 is 0 Å². The molecule has 3 heteroatoms.